The first kappa shape index (κ1) is 13.0. The summed E-state index contributed by atoms with van der Waals surface area (Å²) < 4.78 is 0. The molecule has 1 amide bonds. The summed E-state index contributed by atoms with van der Waals surface area (Å²) in [5.74, 6) is -1.16. The van der Waals surface area contributed by atoms with Gasteiger partial charge in [-0.15, -0.1) is 0 Å². The number of carbonyl (C=O) groups is 2. The van der Waals surface area contributed by atoms with Gasteiger partial charge in [-0.3, -0.25) is 9.59 Å². The number of hydrogen-bond acceptors (Lipinski definition) is 3. The monoisotopic (exact) mass is 228 g/mol. The normalized spacial score (nSPS) is 18.9. The second-order valence-electron chi connectivity index (χ2n) is 4.61. The van der Waals surface area contributed by atoms with Crippen molar-refractivity contribution in [3.63, 3.8) is 0 Å². The molecule has 1 atom stereocenters. The van der Waals surface area contributed by atoms with Crippen molar-refractivity contribution in [2.75, 3.05) is 6.54 Å². The minimum Gasteiger partial charge on any atom is -0.481 e. The van der Waals surface area contributed by atoms with E-state index in [1.54, 1.807) is 0 Å². The Bertz CT molecular complexity index is 274. The van der Waals surface area contributed by atoms with Crippen molar-refractivity contribution < 1.29 is 14.7 Å². The van der Waals surface area contributed by atoms with Gasteiger partial charge in [-0.2, -0.15) is 0 Å². The maximum Gasteiger partial charge on any atom is 0.303 e. The predicted octanol–water partition coefficient (Wildman–Crippen LogP) is 0.485. The molecule has 0 aromatic carbocycles. The zero-order chi connectivity index (χ0) is 12.2. The molecule has 0 saturated heterocycles. The van der Waals surface area contributed by atoms with E-state index >= 15 is 0 Å². The predicted molar refractivity (Wildman–Crippen MR) is 59.8 cm³/mol. The summed E-state index contributed by atoms with van der Waals surface area (Å²) in [5.41, 5.74) is 5.88. The molecular formula is C11H20N2O3. The summed E-state index contributed by atoms with van der Waals surface area (Å²) >= 11 is 0. The van der Waals surface area contributed by atoms with E-state index in [2.05, 4.69) is 12.2 Å². The fourth-order valence-corrected chi connectivity index (χ4v) is 1.65. The summed E-state index contributed by atoms with van der Waals surface area (Å²) in [6.45, 7) is 2.78. The van der Waals surface area contributed by atoms with Crippen LogP contribution < -0.4 is 11.1 Å². The van der Waals surface area contributed by atoms with Gasteiger partial charge in [0.1, 0.15) is 0 Å². The number of carboxylic acid groups (broad SMARTS) is 1. The van der Waals surface area contributed by atoms with E-state index in [0.717, 1.165) is 19.3 Å². The van der Waals surface area contributed by atoms with Crippen LogP contribution in [-0.4, -0.2) is 29.6 Å². The number of rotatable bonds is 7. The zero-order valence-electron chi connectivity index (χ0n) is 9.66. The van der Waals surface area contributed by atoms with Crippen molar-refractivity contribution in [3.8, 4) is 0 Å². The average Bonchev–Trinajstić information content (AvgIpc) is 3.03. The molecule has 1 saturated carbocycles. The average molecular weight is 228 g/mol. The summed E-state index contributed by atoms with van der Waals surface area (Å²) in [6.07, 6.45) is 3.52. The Balaban J connectivity index is 2.21. The minimum absolute atomic E-state index is 0.0620. The fraction of sp³-hybridized carbons (Fsp3) is 0.818. The van der Waals surface area contributed by atoms with Gasteiger partial charge >= 0.3 is 5.97 Å². The number of carbonyl (C=O) groups excluding carboxylic acids is 1. The van der Waals surface area contributed by atoms with Crippen LogP contribution in [0.4, 0.5) is 0 Å². The maximum atomic E-state index is 11.5. The van der Waals surface area contributed by atoms with Crippen molar-refractivity contribution in [1.82, 2.24) is 5.32 Å². The van der Waals surface area contributed by atoms with Gasteiger partial charge in [0.05, 0.1) is 6.04 Å². The molecule has 0 spiro atoms. The smallest absolute Gasteiger partial charge is 0.303 e. The first-order valence-corrected chi connectivity index (χ1v) is 5.74. The molecule has 0 aliphatic heterocycles. The Morgan fingerprint density at radius 1 is 1.50 bits per heavy atom. The van der Waals surface area contributed by atoms with Crippen molar-refractivity contribution >= 4 is 11.9 Å². The van der Waals surface area contributed by atoms with E-state index in [9.17, 15) is 9.59 Å². The quantitative estimate of drug-likeness (QED) is 0.591. The summed E-state index contributed by atoms with van der Waals surface area (Å²) in [5, 5.41) is 11.3. The molecule has 1 aliphatic rings. The van der Waals surface area contributed by atoms with E-state index in [4.69, 9.17) is 10.8 Å². The van der Waals surface area contributed by atoms with Gasteiger partial charge in [-0.1, -0.05) is 6.92 Å². The lowest BCUT2D eigenvalue weighted by atomic mass is 10.0. The molecule has 4 N–H and O–H groups in total. The highest BCUT2D eigenvalue weighted by atomic mass is 16.4. The van der Waals surface area contributed by atoms with Gasteiger partial charge in [0.2, 0.25) is 5.91 Å². The lowest BCUT2D eigenvalue weighted by molar-refractivity contribution is -0.137. The second-order valence-corrected chi connectivity index (χ2v) is 4.61. The highest BCUT2D eigenvalue weighted by Crippen LogP contribution is 2.47. The molecule has 5 heteroatoms. The van der Waals surface area contributed by atoms with Crippen LogP contribution in [0.1, 0.15) is 39.0 Å². The van der Waals surface area contributed by atoms with Crippen LogP contribution in [0.15, 0.2) is 0 Å². The summed E-state index contributed by atoms with van der Waals surface area (Å²) in [7, 11) is 0. The molecule has 0 aromatic heterocycles. The van der Waals surface area contributed by atoms with Gasteiger partial charge in [0.15, 0.2) is 0 Å². The van der Waals surface area contributed by atoms with E-state index in [1.165, 1.54) is 0 Å². The van der Waals surface area contributed by atoms with E-state index < -0.39 is 12.0 Å². The van der Waals surface area contributed by atoms with E-state index in [1.807, 2.05) is 0 Å². The maximum absolute atomic E-state index is 11.5. The highest BCUT2D eigenvalue weighted by molar-refractivity contribution is 5.82. The van der Waals surface area contributed by atoms with Crippen LogP contribution in [0.5, 0.6) is 0 Å². The topological polar surface area (TPSA) is 92.4 Å². The highest BCUT2D eigenvalue weighted by Gasteiger charge is 2.40. The van der Waals surface area contributed by atoms with Crippen LogP contribution in [0.2, 0.25) is 0 Å². The number of hydrogen-bond donors (Lipinski definition) is 3. The number of aliphatic carboxylic acids is 1. The van der Waals surface area contributed by atoms with Gasteiger partial charge in [-0.05, 0) is 31.1 Å². The lowest BCUT2D eigenvalue weighted by Gasteiger charge is -2.16. The second kappa shape index (κ2) is 5.30. The molecule has 1 fully saturated rings. The molecule has 0 aromatic rings. The van der Waals surface area contributed by atoms with Crippen LogP contribution >= 0.6 is 0 Å². The third-order valence-electron chi connectivity index (χ3n) is 3.35. The SMILES string of the molecule is CCC1(CNC(=O)C(N)CCC(=O)O)CC1. The first-order valence-electron chi connectivity index (χ1n) is 5.74. The van der Waals surface area contributed by atoms with Crippen LogP contribution in [0, 0.1) is 5.41 Å². The Labute approximate surface area is 95.4 Å². The van der Waals surface area contributed by atoms with Crippen LogP contribution in [0.25, 0.3) is 0 Å². The molecule has 16 heavy (non-hydrogen) atoms. The molecular weight excluding hydrogens is 208 g/mol. The zero-order valence-corrected chi connectivity index (χ0v) is 9.66. The van der Waals surface area contributed by atoms with Crippen LogP contribution in [-0.2, 0) is 9.59 Å². The van der Waals surface area contributed by atoms with Crippen molar-refractivity contribution in [2.45, 2.75) is 45.1 Å². The minimum atomic E-state index is -0.921. The molecule has 0 heterocycles. The fourth-order valence-electron chi connectivity index (χ4n) is 1.65. The van der Waals surface area contributed by atoms with Gasteiger partial charge in [-0.25, -0.2) is 0 Å². The van der Waals surface area contributed by atoms with Gasteiger partial charge in [0, 0.05) is 13.0 Å². The Morgan fingerprint density at radius 2 is 2.12 bits per heavy atom. The van der Waals surface area contributed by atoms with Crippen LogP contribution in [0.3, 0.4) is 0 Å². The molecule has 0 radical (unpaired) electrons. The molecule has 1 aliphatic carbocycles. The third-order valence-corrected chi connectivity index (χ3v) is 3.35. The Kier molecular flexibility index (Phi) is 4.29. The number of amides is 1. The number of nitrogens with one attached hydrogen (secondary N) is 1. The molecule has 92 valence electrons. The van der Waals surface area contributed by atoms with E-state index in [-0.39, 0.29) is 18.7 Å². The molecule has 1 rings (SSSR count). The number of carboxylic acids is 1. The standard InChI is InChI=1S/C11H20N2O3/c1-2-11(5-6-11)7-13-10(16)8(12)3-4-9(14)15/h8H,2-7,12H2,1H3,(H,13,16)(H,14,15). The van der Waals surface area contributed by atoms with Gasteiger partial charge < -0.3 is 16.2 Å². The molecule has 1 unspecified atom stereocenters. The largest absolute Gasteiger partial charge is 0.481 e. The van der Waals surface area contributed by atoms with Gasteiger partial charge in [0.25, 0.3) is 0 Å². The molecule has 0 bridgehead atoms. The van der Waals surface area contributed by atoms with Crippen molar-refractivity contribution in [3.05, 3.63) is 0 Å². The third kappa shape index (κ3) is 3.81. The van der Waals surface area contributed by atoms with E-state index in [0.29, 0.717) is 12.0 Å². The van der Waals surface area contributed by atoms with Crippen molar-refractivity contribution in [2.24, 2.45) is 11.1 Å². The Hall–Kier alpha value is -1.10. The summed E-state index contributed by atoms with van der Waals surface area (Å²) in [4.78, 5) is 21.8. The molecule has 5 nitrogen and oxygen atoms in total. The lowest BCUT2D eigenvalue weighted by Crippen LogP contribution is -2.43. The first-order chi connectivity index (χ1) is 7.49. The Morgan fingerprint density at radius 3 is 2.56 bits per heavy atom. The number of nitrogens with two attached hydrogens (primary N) is 1. The van der Waals surface area contributed by atoms with Crippen molar-refractivity contribution in [1.29, 1.82) is 0 Å². The summed E-state index contributed by atoms with van der Waals surface area (Å²) in [6, 6.07) is -0.705.